The smallest absolute Gasteiger partial charge is 0.0187 e. The van der Waals surface area contributed by atoms with Gasteiger partial charge in [0.1, 0.15) is 0 Å². The lowest BCUT2D eigenvalue weighted by atomic mass is 9.97. The maximum Gasteiger partial charge on any atom is 0.0187 e. The third-order valence-electron chi connectivity index (χ3n) is 2.92. The molecule has 1 aliphatic rings. The highest BCUT2D eigenvalue weighted by Crippen LogP contribution is 2.13. The lowest BCUT2D eigenvalue weighted by Gasteiger charge is -2.29. The molecule has 0 unspecified atom stereocenters. The molecule has 0 amide bonds. The van der Waals surface area contributed by atoms with E-state index in [0.717, 1.165) is 19.0 Å². The van der Waals surface area contributed by atoms with E-state index >= 15 is 0 Å². The van der Waals surface area contributed by atoms with Crippen LogP contribution in [0.3, 0.4) is 0 Å². The Bertz CT molecular complexity index is 171. The first-order chi connectivity index (χ1) is 6.72. The van der Waals surface area contributed by atoms with Gasteiger partial charge in [0.2, 0.25) is 0 Å². The highest BCUT2D eigenvalue weighted by atomic mass is 15.1. The SMILES string of the molecule is C=C(C)CN(CC)CC1CCNCC1. The summed E-state index contributed by atoms with van der Waals surface area (Å²) in [6, 6.07) is 0. The molecule has 0 atom stereocenters. The molecule has 0 bridgehead atoms. The summed E-state index contributed by atoms with van der Waals surface area (Å²) in [6.07, 6.45) is 2.68. The van der Waals surface area contributed by atoms with Crippen molar-refractivity contribution in [2.45, 2.75) is 26.7 Å². The Kier molecular flexibility index (Phi) is 5.20. The van der Waals surface area contributed by atoms with Crippen LogP contribution in [-0.4, -0.2) is 37.6 Å². The summed E-state index contributed by atoms with van der Waals surface area (Å²) < 4.78 is 0. The minimum Gasteiger partial charge on any atom is -0.317 e. The lowest BCUT2D eigenvalue weighted by Crippen LogP contribution is -2.36. The van der Waals surface area contributed by atoms with Crippen molar-refractivity contribution in [3.05, 3.63) is 12.2 Å². The summed E-state index contributed by atoms with van der Waals surface area (Å²) >= 11 is 0. The predicted octanol–water partition coefficient (Wildman–Crippen LogP) is 1.88. The number of piperidine rings is 1. The van der Waals surface area contributed by atoms with E-state index in [1.165, 1.54) is 38.0 Å². The number of hydrogen-bond acceptors (Lipinski definition) is 2. The average molecular weight is 196 g/mol. The summed E-state index contributed by atoms with van der Waals surface area (Å²) in [4.78, 5) is 2.51. The molecule has 1 saturated heterocycles. The third kappa shape index (κ3) is 4.25. The van der Waals surface area contributed by atoms with Crippen LogP contribution in [0.4, 0.5) is 0 Å². The molecule has 82 valence electrons. The van der Waals surface area contributed by atoms with Crippen molar-refractivity contribution in [1.82, 2.24) is 10.2 Å². The Hall–Kier alpha value is -0.340. The summed E-state index contributed by atoms with van der Waals surface area (Å²) in [6.45, 7) is 14.2. The van der Waals surface area contributed by atoms with Crippen LogP contribution in [0.25, 0.3) is 0 Å². The van der Waals surface area contributed by atoms with Gasteiger partial charge in [0.25, 0.3) is 0 Å². The van der Waals surface area contributed by atoms with Crippen molar-refractivity contribution >= 4 is 0 Å². The fraction of sp³-hybridized carbons (Fsp3) is 0.833. The van der Waals surface area contributed by atoms with E-state index in [-0.39, 0.29) is 0 Å². The van der Waals surface area contributed by atoms with Crippen molar-refractivity contribution in [3.63, 3.8) is 0 Å². The number of hydrogen-bond donors (Lipinski definition) is 1. The Morgan fingerprint density at radius 1 is 1.43 bits per heavy atom. The maximum absolute atomic E-state index is 3.98. The molecule has 0 aromatic rings. The molecule has 1 rings (SSSR count). The van der Waals surface area contributed by atoms with Gasteiger partial charge < -0.3 is 5.32 Å². The molecule has 2 heteroatoms. The fourth-order valence-electron chi connectivity index (χ4n) is 2.12. The van der Waals surface area contributed by atoms with Crippen molar-refractivity contribution in [1.29, 1.82) is 0 Å². The Morgan fingerprint density at radius 2 is 2.07 bits per heavy atom. The van der Waals surface area contributed by atoms with E-state index in [4.69, 9.17) is 0 Å². The summed E-state index contributed by atoms with van der Waals surface area (Å²) in [5.74, 6) is 0.899. The summed E-state index contributed by atoms with van der Waals surface area (Å²) in [5, 5.41) is 3.41. The molecule has 14 heavy (non-hydrogen) atoms. The Balaban J connectivity index is 2.27. The second kappa shape index (κ2) is 6.20. The van der Waals surface area contributed by atoms with Gasteiger partial charge in [0.05, 0.1) is 0 Å². The summed E-state index contributed by atoms with van der Waals surface area (Å²) in [5.41, 5.74) is 1.28. The second-order valence-electron chi connectivity index (χ2n) is 4.48. The van der Waals surface area contributed by atoms with Crippen LogP contribution >= 0.6 is 0 Å². The molecule has 1 heterocycles. The lowest BCUT2D eigenvalue weighted by molar-refractivity contribution is 0.227. The van der Waals surface area contributed by atoms with Crippen LogP contribution in [-0.2, 0) is 0 Å². The quantitative estimate of drug-likeness (QED) is 0.675. The van der Waals surface area contributed by atoms with Crippen molar-refractivity contribution in [2.75, 3.05) is 32.7 Å². The number of nitrogens with one attached hydrogen (secondary N) is 1. The summed E-state index contributed by atoms with van der Waals surface area (Å²) in [7, 11) is 0. The standard InChI is InChI=1S/C12H24N2/c1-4-14(9-11(2)3)10-12-5-7-13-8-6-12/h12-13H,2,4-10H2,1,3H3. The van der Waals surface area contributed by atoms with E-state index in [0.29, 0.717) is 0 Å². The van der Waals surface area contributed by atoms with Crippen LogP contribution in [0.1, 0.15) is 26.7 Å². The van der Waals surface area contributed by atoms with Crippen molar-refractivity contribution < 1.29 is 0 Å². The van der Waals surface area contributed by atoms with Gasteiger partial charge in [-0.15, -0.1) is 0 Å². The predicted molar refractivity (Wildman–Crippen MR) is 62.5 cm³/mol. The van der Waals surface area contributed by atoms with E-state index in [1.54, 1.807) is 0 Å². The van der Waals surface area contributed by atoms with E-state index < -0.39 is 0 Å². The number of likely N-dealkylation sites (N-methyl/N-ethyl adjacent to an activating group) is 1. The van der Waals surface area contributed by atoms with Gasteiger partial charge in [-0.05, 0) is 45.3 Å². The molecule has 1 aliphatic heterocycles. The first-order valence-corrected chi connectivity index (χ1v) is 5.79. The third-order valence-corrected chi connectivity index (χ3v) is 2.92. The van der Waals surface area contributed by atoms with E-state index in [1.807, 2.05) is 0 Å². The van der Waals surface area contributed by atoms with Crippen LogP contribution in [0.2, 0.25) is 0 Å². The molecule has 0 spiro atoms. The van der Waals surface area contributed by atoms with Gasteiger partial charge in [-0.1, -0.05) is 19.1 Å². The molecule has 1 N–H and O–H groups in total. The molecular weight excluding hydrogens is 172 g/mol. The molecular formula is C12H24N2. The van der Waals surface area contributed by atoms with E-state index in [9.17, 15) is 0 Å². The van der Waals surface area contributed by atoms with Gasteiger partial charge in [0, 0.05) is 13.1 Å². The fourth-order valence-corrected chi connectivity index (χ4v) is 2.12. The van der Waals surface area contributed by atoms with Gasteiger partial charge in [0.15, 0.2) is 0 Å². The van der Waals surface area contributed by atoms with Crippen LogP contribution in [0, 0.1) is 5.92 Å². The average Bonchev–Trinajstić information content (AvgIpc) is 2.17. The molecule has 0 aromatic carbocycles. The zero-order chi connectivity index (χ0) is 10.4. The molecule has 2 nitrogen and oxygen atoms in total. The van der Waals surface area contributed by atoms with Crippen LogP contribution in [0.5, 0.6) is 0 Å². The number of rotatable bonds is 5. The van der Waals surface area contributed by atoms with Crippen LogP contribution < -0.4 is 5.32 Å². The second-order valence-corrected chi connectivity index (χ2v) is 4.48. The molecule has 0 radical (unpaired) electrons. The largest absolute Gasteiger partial charge is 0.317 e. The first kappa shape index (κ1) is 11.7. The van der Waals surface area contributed by atoms with Crippen molar-refractivity contribution in [2.24, 2.45) is 5.92 Å². The van der Waals surface area contributed by atoms with Gasteiger partial charge in [-0.25, -0.2) is 0 Å². The van der Waals surface area contributed by atoms with Gasteiger partial charge in [-0.2, -0.15) is 0 Å². The van der Waals surface area contributed by atoms with Crippen LogP contribution in [0.15, 0.2) is 12.2 Å². The minimum absolute atomic E-state index is 0.899. The normalized spacial score (nSPS) is 18.8. The Morgan fingerprint density at radius 3 is 2.57 bits per heavy atom. The Labute approximate surface area is 88.4 Å². The molecule has 0 aliphatic carbocycles. The topological polar surface area (TPSA) is 15.3 Å². The zero-order valence-electron chi connectivity index (χ0n) is 9.68. The van der Waals surface area contributed by atoms with Gasteiger partial charge in [-0.3, -0.25) is 4.90 Å². The molecule has 0 saturated carbocycles. The number of nitrogens with zero attached hydrogens (tertiary/aromatic N) is 1. The van der Waals surface area contributed by atoms with Crippen molar-refractivity contribution in [3.8, 4) is 0 Å². The first-order valence-electron chi connectivity index (χ1n) is 5.79. The van der Waals surface area contributed by atoms with E-state index in [2.05, 4.69) is 30.6 Å². The molecule has 0 aromatic heterocycles. The molecule has 1 fully saturated rings. The zero-order valence-corrected chi connectivity index (χ0v) is 9.68. The van der Waals surface area contributed by atoms with Gasteiger partial charge >= 0.3 is 0 Å². The highest BCUT2D eigenvalue weighted by Gasteiger charge is 2.15. The monoisotopic (exact) mass is 196 g/mol. The highest BCUT2D eigenvalue weighted by molar-refractivity contribution is 4.92. The minimum atomic E-state index is 0.899. The maximum atomic E-state index is 3.98.